The Morgan fingerprint density at radius 2 is 1.81 bits per heavy atom. The van der Waals surface area contributed by atoms with Crippen molar-refractivity contribution in [2.45, 2.75) is 19.1 Å². The lowest BCUT2D eigenvalue weighted by atomic mass is 10.2. The summed E-state index contributed by atoms with van der Waals surface area (Å²) in [5, 5.41) is 10.0. The fourth-order valence-electron chi connectivity index (χ4n) is 2.16. The van der Waals surface area contributed by atoms with Gasteiger partial charge < -0.3 is 28.0 Å². The quantitative estimate of drug-likeness (QED) is 0.520. The van der Waals surface area contributed by atoms with Gasteiger partial charge in [0.05, 0.1) is 0 Å². The van der Waals surface area contributed by atoms with Gasteiger partial charge in [-0.1, -0.05) is 30.3 Å². The van der Waals surface area contributed by atoms with Gasteiger partial charge in [-0.25, -0.2) is 0 Å². The monoisotopic (exact) mass is 384 g/mol. The van der Waals surface area contributed by atoms with Crippen LogP contribution in [0.3, 0.4) is 0 Å². The van der Waals surface area contributed by atoms with Crippen molar-refractivity contribution >= 4 is 7.60 Å². The predicted octanol–water partition coefficient (Wildman–Crippen LogP) is 2.84. The maximum atomic E-state index is 12.4. The zero-order chi connectivity index (χ0) is 19.2. The summed E-state index contributed by atoms with van der Waals surface area (Å²) in [6.07, 6.45) is -1.81. The highest BCUT2D eigenvalue weighted by Crippen LogP contribution is 2.49. The van der Waals surface area contributed by atoms with Crippen LogP contribution < -0.4 is 10.2 Å². The van der Waals surface area contributed by atoms with Crippen LogP contribution in [0.4, 0.5) is 0 Å². The van der Waals surface area contributed by atoms with Crippen LogP contribution in [0.15, 0.2) is 45.6 Å². The van der Waals surface area contributed by atoms with Crippen molar-refractivity contribution in [3.63, 3.8) is 0 Å². The minimum atomic E-state index is -3.46. The number of hydrogen-bond acceptors (Lipinski definition) is 8. The zero-order valence-corrected chi connectivity index (χ0v) is 15.6. The lowest BCUT2D eigenvalue weighted by molar-refractivity contribution is -0.0937. The number of ether oxygens (including phenoxy) is 2. The lowest BCUT2D eigenvalue weighted by Crippen LogP contribution is -2.15. The first kappa shape index (κ1) is 20.4. The van der Waals surface area contributed by atoms with Crippen LogP contribution in [0.2, 0.25) is 0 Å². The first-order chi connectivity index (χ1) is 12.4. The number of benzene rings is 1. The first-order valence-corrected chi connectivity index (χ1v) is 9.40. The van der Waals surface area contributed by atoms with Gasteiger partial charge in [0.15, 0.2) is 0 Å². The standard InChI is InChI=1S/C17H21O8P/c1-21-17(19)16-15(24-10-12-7-5-4-6-8-12)14(18)9-13(25-16)11-26(20,22-2)23-3/h4-9,17,19H,10-11H2,1-3H3. The van der Waals surface area contributed by atoms with Crippen LogP contribution in [0.5, 0.6) is 5.75 Å². The zero-order valence-electron chi connectivity index (χ0n) is 14.7. The van der Waals surface area contributed by atoms with Gasteiger partial charge in [-0.2, -0.15) is 0 Å². The summed E-state index contributed by atoms with van der Waals surface area (Å²) in [6.45, 7) is 0.100. The average Bonchev–Trinajstić information content (AvgIpc) is 2.66. The summed E-state index contributed by atoms with van der Waals surface area (Å²) in [5.74, 6) is -0.387. The number of hydrogen-bond donors (Lipinski definition) is 1. The van der Waals surface area contributed by atoms with Crippen LogP contribution >= 0.6 is 7.60 Å². The molecule has 0 amide bonds. The van der Waals surface area contributed by atoms with Crippen molar-refractivity contribution in [3.05, 3.63) is 63.7 Å². The first-order valence-electron chi connectivity index (χ1n) is 7.67. The highest BCUT2D eigenvalue weighted by molar-refractivity contribution is 7.52. The third kappa shape index (κ3) is 5.03. The highest BCUT2D eigenvalue weighted by Gasteiger charge is 2.27. The molecule has 1 unspecified atom stereocenters. The van der Waals surface area contributed by atoms with E-state index in [0.717, 1.165) is 11.6 Å². The van der Waals surface area contributed by atoms with Gasteiger partial charge >= 0.3 is 7.60 Å². The van der Waals surface area contributed by atoms with E-state index in [1.807, 2.05) is 30.3 Å². The van der Waals surface area contributed by atoms with Crippen LogP contribution in [0.1, 0.15) is 23.4 Å². The molecule has 0 spiro atoms. The molecule has 2 rings (SSSR count). The van der Waals surface area contributed by atoms with E-state index in [1.54, 1.807) is 0 Å². The molecule has 0 saturated heterocycles. The second kappa shape index (κ2) is 9.12. The van der Waals surface area contributed by atoms with E-state index in [0.29, 0.717) is 0 Å². The molecule has 0 radical (unpaired) electrons. The molecule has 0 aliphatic rings. The van der Waals surface area contributed by atoms with E-state index in [2.05, 4.69) is 0 Å². The molecule has 0 aliphatic carbocycles. The summed E-state index contributed by atoms with van der Waals surface area (Å²) in [7, 11) is 0.242. The van der Waals surface area contributed by atoms with Gasteiger partial charge in [0, 0.05) is 27.4 Å². The Morgan fingerprint density at radius 3 is 2.38 bits per heavy atom. The third-order valence-electron chi connectivity index (χ3n) is 3.56. The van der Waals surface area contributed by atoms with Gasteiger partial charge in [-0.05, 0) is 5.56 Å². The van der Waals surface area contributed by atoms with E-state index >= 15 is 0 Å². The van der Waals surface area contributed by atoms with Crippen LogP contribution in [-0.4, -0.2) is 26.4 Å². The lowest BCUT2D eigenvalue weighted by Gasteiger charge is -2.16. The Bertz CT molecular complexity index is 809. The third-order valence-corrected chi connectivity index (χ3v) is 5.37. The molecule has 0 saturated carbocycles. The summed E-state index contributed by atoms with van der Waals surface area (Å²) >= 11 is 0. The summed E-state index contributed by atoms with van der Waals surface area (Å²) in [5.41, 5.74) is 0.282. The largest absolute Gasteiger partial charge is 0.481 e. The molecule has 0 fully saturated rings. The Kier molecular flexibility index (Phi) is 7.14. The van der Waals surface area contributed by atoms with E-state index in [9.17, 15) is 14.5 Å². The molecule has 0 bridgehead atoms. The van der Waals surface area contributed by atoms with Gasteiger partial charge in [0.2, 0.25) is 23.2 Å². The molecule has 1 atom stereocenters. The van der Waals surface area contributed by atoms with Crippen molar-refractivity contribution in [2.24, 2.45) is 0 Å². The normalized spacial score (nSPS) is 12.8. The van der Waals surface area contributed by atoms with E-state index in [-0.39, 0.29) is 30.0 Å². The molecule has 1 aromatic carbocycles. The van der Waals surface area contributed by atoms with Crippen molar-refractivity contribution < 1.29 is 32.6 Å². The number of aliphatic hydroxyl groups is 1. The average molecular weight is 384 g/mol. The maximum absolute atomic E-state index is 12.4. The minimum absolute atomic E-state index is 0.0141. The molecule has 9 heteroatoms. The molecular formula is C17H21O8P. The summed E-state index contributed by atoms with van der Waals surface area (Å²) in [6, 6.07) is 10.3. The topological polar surface area (TPSA) is 104 Å². The van der Waals surface area contributed by atoms with E-state index < -0.39 is 19.3 Å². The molecule has 0 aliphatic heterocycles. The molecule has 142 valence electrons. The highest BCUT2D eigenvalue weighted by atomic mass is 31.2. The van der Waals surface area contributed by atoms with Crippen LogP contribution in [0, 0.1) is 0 Å². The Morgan fingerprint density at radius 1 is 1.15 bits per heavy atom. The van der Waals surface area contributed by atoms with Crippen molar-refractivity contribution in [1.29, 1.82) is 0 Å². The molecule has 8 nitrogen and oxygen atoms in total. The van der Waals surface area contributed by atoms with Gasteiger partial charge in [-0.3, -0.25) is 9.36 Å². The van der Waals surface area contributed by atoms with Gasteiger partial charge in [-0.15, -0.1) is 0 Å². The van der Waals surface area contributed by atoms with Crippen molar-refractivity contribution in [2.75, 3.05) is 21.3 Å². The van der Waals surface area contributed by atoms with E-state index in [1.165, 1.54) is 21.3 Å². The minimum Gasteiger partial charge on any atom is -0.481 e. The second-order valence-corrected chi connectivity index (χ2v) is 7.54. The molecule has 2 aromatic rings. The summed E-state index contributed by atoms with van der Waals surface area (Å²) in [4.78, 5) is 12.4. The van der Waals surface area contributed by atoms with Crippen LogP contribution in [-0.2, 0) is 31.1 Å². The van der Waals surface area contributed by atoms with E-state index in [4.69, 9.17) is 22.9 Å². The number of methoxy groups -OCH3 is 1. The van der Waals surface area contributed by atoms with Crippen molar-refractivity contribution in [3.8, 4) is 5.75 Å². The predicted molar refractivity (Wildman–Crippen MR) is 93.0 cm³/mol. The van der Waals surface area contributed by atoms with Crippen molar-refractivity contribution in [1.82, 2.24) is 0 Å². The number of aliphatic hydroxyl groups excluding tert-OH is 1. The molecule has 1 heterocycles. The summed E-state index contributed by atoms with van der Waals surface area (Å²) < 4.78 is 37.8. The SMILES string of the molecule is COC(O)c1oc(CP(=O)(OC)OC)cc(=O)c1OCc1ccccc1. The fourth-order valence-corrected chi connectivity index (χ4v) is 3.11. The Balaban J connectivity index is 2.35. The van der Waals surface area contributed by atoms with Gasteiger partial charge in [0.25, 0.3) is 0 Å². The molecule has 1 N–H and O–H groups in total. The smallest absolute Gasteiger partial charge is 0.337 e. The fraction of sp³-hybridized carbons (Fsp3) is 0.353. The second-order valence-electron chi connectivity index (χ2n) is 5.27. The Hall–Kier alpha value is -1.96. The molecule has 26 heavy (non-hydrogen) atoms. The maximum Gasteiger partial charge on any atom is 0.337 e. The number of rotatable bonds is 9. The molecule has 1 aromatic heterocycles. The Labute approximate surface area is 150 Å². The molecular weight excluding hydrogens is 363 g/mol. The van der Waals surface area contributed by atoms with Gasteiger partial charge in [0.1, 0.15) is 18.5 Å². The van der Waals surface area contributed by atoms with Crippen LogP contribution in [0.25, 0.3) is 0 Å².